The maximum absolute atomic E-state index is 5.91. The van der Waals surface area contributed by atoms with Crippen LogP contribution in [-0.4, -0.2) is 6.61 Å². The van der Waals surface area contributed by atoms with E-state index in [4.69, 9.17) is 16.3 Å². The molecule has 2 nitrogen and oxygen atoms in total. The highest BCUT2D eigenvalue weighted by Crippen LogP contribution is 2.18. The summed E-state index contributed by atoms with van der Waals surface area (Å²) in [5, 5.41) is 4.29. The Hall–Kier alpha value is -1.51. The Labute approximate surface area is 132 Å². The highest BCUT2D eigenvalue weighted by atomic mass is 35.5. The van der Waals surface area contributed by atoms with Crippen LogP contribution in [0.3, 0.4) is 0 Å². The molecular formula is C18H22ClNO. The largest absolute Gasteiger partial charge is 0.494 e. The molecule has 0 saturated heterocycles. The summed E-state index contributed by atoms with van der Waals surface area (Å²) in [5.74, 6) is 0.940. The van der Waals surface area contributed by atoms with Gasteiger partial charge in [0.1, 0.15) is 5.75 Å². The SMILES string of the molecule is CCCOc1cccc(CN[C@H](C)c2ccc(Cl)cc2)c1. The second-order valence-electron chi connectivity index (χ2n) is 5.15. The molecule has 3 heteroatoms. The summed E-state index contributed by atoms with van der Waals surface area (Å²) < 4.78 is 5.66. The highest BCUT2D eigenvalue weighted by molar-refractivity contribution is 6.30. The summed E-state index contributed by atoms with van der Waals surface area (Å²) in [6, 6.07) is 16.5. The smallest absolute Gasteiger partial charge is 0.119 e. The monoisotopic (exact) mass is 303 g/mol. The Morgan fingerprint density at radius 3 is 2.62 bits per heavy atom. The first-order valence-electron chi connectivity index (χ1n) is 7.39. The standard InChI is InChI=1S/C18H22ClNO/c1-3-11-21-18-6-4-5-15(12-18)13-20-14(2)16-7-9-17(19)10-8-16/h4-10,12,14,20H,3,11,13H2,1-2H3/t14-/m1/s1. The minimum Gasteiger partial charge on any atom is -0.494 e. The molecule has 0 fully saturated rings. The van der Waals surface area contributed by atoms with E-state index in [1.165, 1.54) is 11.1 Å². The molecule has 0 spiro atoms. The van der Waals surface area contributed by atoms with E-state index in [0.717, 1.165) is 30.3 Å². The van der Waals surface area contributed by atoms with Crippen molar-refractivity contribution in [2.45, 2.75) is 32.9 Å². The van der Waals surface area contributed by atoms with E-state index in [0.29, 0.717) is 0 Å². The van der Waals surface area contributed by atoms with Gasteiger partial charge in [0.25, 0.3) is 0 Å². The number of nitrogens with one attached hydrogen (secondary N) is 1. The minimum absolute atomic E-state index is 0.280. The van der Waals surface area contributed by atoms with Crippen molar-refractivity contribution in [2.24, 2.45) is 0 Å². The van der Waals surface area contributed by atoms with E-state index in [9.17, 15) is 0 Å². The van der Waals surface area contributed by atoms with E-state index in [-0.39, 0.29) is 6.04 Å². The zero-order valence-corrected chi connectivity index (χ0v) is 13.4. The number of ether oxygens (including phenoxy) is 1. The van der Waals surface area contributed by atoms with Crippen LogP contribution in [-0.2, 0) is 6.54 Å². The molecule has 0 amide bonds. The van der Waals surface area contributed by atoms with Crippen LogP contribution < -0.4 is 10.1 Å². The van der Waals surface area contributed by atoms with Gasteiger partial charge < -0.3 is 10.1 Å². The lowest BCUT2D eigenvalue weighted by molar-refractivity contribution is 0.317. The molecular weight excluding hydrogens is 282 g/mol. The number of hydrogen-bond acceptors (Lipinski definition) is 2. The fourth-order valence-electron chi connectivity index (χ4n) is 2.11. The van der Waals surface area contributed by atoms with Crippen LogP contribution in [0.25, 0.3) is 0 Å². The molecule has 2 aromatic rings. The molecule has 21 heavy (non-hydrogen) atoms. The predicted molar refractivity (Wildman–Crippen MR) is 88.9 cm³/mol. The van der Waals surface area contributed by atoms with Gasteiger partial charge in [-0.05, 0) is 48.7 Å². The van der Waals surface area contributed by atoms with Gasteiger partial charge in [-0.1, -0.05) is 42.8 Å². The second kappa shape index (κ2) is 8.06. The lowest BCUT2D eigenvalue weighted by Gasteiger charge is -2.15. The number of benzene rings is 2. The quantitative estimate of drug-likeness (QED) is 0.779. The van der Waals surface area contributed by atoms with E-state index < -0.39 is 0 Å². The molecule has 1 N–H and O–H groups in total. The lowest BCUT2D eigenvalue weighted by atomic mass is 10.1. The van der Waals surface area contributed by atoms with Crippen LogP contribution in [0.5, 0.6) is 5.75 Å². The molecule has 0 saturated carbocycles. The molecule has 112 valence electrons. The van der Waals surface area contributed by atoms with E-state index >= 15 is 0 Å². The normalized spacial score (nSPS) is 12.1. The van der Waals surface area contributed by atoms with Gasteiger partial charge in [-0.2, -0.15) is 0 Å². The van der Waals surface area contributed by atoms with Gasteiger partial charge in [-0.3, -0.25) is 0 Å². The third-order valence-electron chi connectivity index (χ3n) is 3.35. The topological polar surface area (TPSA) is 21.3 Å². The molecule has 0 aliphatic rings. The molecule has 2 aromatic carbocycles. The molecule has 0 radical (unpaired) electrons. The number of halogens is 1. The van der Waals surface area contributed by atoms with Crippen molar-refractivity contribution in [3.8, 4) is 5.75 Å². The van der Waals surface area contributed by atoms with Gasteiger partial charge in [0.15, 0.2) is 0 Å². The maximum Gasteiger partial charge on any atom is 0.119 e. The van der Waals surface area contributed by atoms with Gasteiger partial charge in [0.05, 0.1) is 6.61 Å². The molecule has 0 bridgehead atoms. The fraction of sp³-hybridized carbons (Fsp3) is 0.333. The first-order valence-corrected chi connectivity index (χ1v) is 7.77. The Kier molecular flexibility index (Phi) is 6.09. The van der Waals surface area contributed by atoms with Crippen molar-refractivity contribution in [3.05, 3.63) is 64.7 Å². The summed E-state index contributed by atoms with van der Waals surface area (Å²) in [5.41, 5.74) is 2.46. The van der Waals surface area contributed by atoms with Crippen LogP contribution in [0.1, 0.15) is 37.4 Å². The van der Waals surface area contributed by atoms with Crippen molar-refractivity contribution >= 4 is 11.6 Å². The van der Waals surface area contributed by atoms with Gasteiger partial charge in [0.2, 0.25) is 0 Å². The van der Waals surface area contributed by atoms with Crippen LogP contribution >= 0.6 is 11.6 Å². The number of rotatable bonds is 7. The third kappa shape index (κ3) is 5.07. The molecule has 0 heterocycles. The van der Waals surface area contributed by atoms with Gasteiger partial charge in [-0.25, -0.2) is 0 Å². The first kappa shape index (κ1) is 15.9. The molecule has 2 rings (SSSR count). The summed E-state index contributed by atoms with van der Waals surface area (Å²) >= 11 is 5.91. The lowest BCUT2D eigenvalue weighted by Crippen LogP contribution is -2.18. The van der Waals surface area contributed by atoms with Crippen molar-refractivity contribution in [2.75, 3.05) is 6.61 Å². The van der Waals surface area contributed by atoms with Crippen LogP contribution in [0.4, 0.5) is 0 Å². The second-order valence-corrected chi connectivity index (χ2v) is 5.59. The highest BCUT2D eigenvalue weighted by Gasteiger charge is 2.05. The average molecular weight is 304 g/mol. The third-order valence-corrected chi connectivity index (χ3v) is 3.61. The van der Waals surface area contributed by atoms with Crippen LogP contribution in [0.15, 0.2) is 48.5 Å². The Balaban J connectivity index is 1.91. The predicted octanol–water partition coefficient (Wildman–Crippen LogP) is 4.98. The minimum atomic E-state index is 0.280. The molecule has 0 aromatic heterocycles. The molecule has 0 aliphatic heterocycles. The average Bonchev–Trinajstić information content (AvgIpc) is 2.52. The van der Waals surface area contributed by atoms with Crippen molar-refractivity contribution < 1.29 is 4.74 Å². The van der Waals surface area contributed by atoms with Crippen molar-refractivity contribution in [1.82, 2.24) is 5.32 Å². The summed E-state index contributed by atoms with van der Waals surface area (Å²) in [7, 11) is 0. The first-order chi connectivity index (χ1) is 10.2. The Morgan fingerprint density at radius 2 is 1.90 bits per heavy atom. The van der Waals surface area contributed by atoms with Crippen molar-refractivity contribution in [1.29, 1.82) is 0 Å². The van der Waals surface area contributed by atoms with Crippen LogP contribution in [0.2, 0.25) is 5.02 Å². The fourth-order valence-corrected chi connectivity index (χ4v) is 2.23. The van der Waals surface area contributed by atoms with Gasteiger partial charge in [-0.15, -0.1) is 0 Å². The van der Waals surface area contributed by atoms with E-state index in [1.54, 1.807) is 0 Å². The van der Waals surface area contributed by atoms with Gasteiger partial charge in [0, 0.05) is 17.6 Å². The summed E-state index contributed by atoms with van der Waals surface area (Å²) in [6.45, 7) is 5.84. The van der Waals surface area contributed by atoms with E-state index in [1.807, 2.05) is 24.3 Å². The zero-order chi connectivity index (χ0) is 15.1. The zero-order valence-electron chi connectivity index (χ0n) is 12.6. The maximum atomic E-state index is 5.91. The number of hydrogen-bond donors (Lipinski definition) is 1. The summed E-state index contributed by atoms with van der Waals surface area (Å²) in [6.07, 6.45) is 1.02. The van der Waals surface area contributed by atoms with Crippen LogP contribution in [0, 0.1) is 0 Å². The van der Waals surface area contributed by atoms with Crippen molar-refractivity contribution in [3.63, 3.8) is 0 Å². The van der Waals surface area contributed by atoms with E-state index in [2.05, 4.69) is 43.4 Å². The summed E-state index contributed by atoms with van der Waals surface area (Å²) in [4.78, 5) is 0. The molecule has 0 aliphatic carbocycles. The Morgan fingerprint density at radius 1 is 1.14 bits per heavy atom. The molecule has 1 atom stereocenters. The molecule has 0 unspecified atom stereocenters. The van der Waals surface area contributed by atoms with Gasteiger partial charge >= 0.3 is 0 Å². The Bertz CT molecular complexity index is 553.